The lowest BCUT2D eigenvalue weighted by Crippen LogP contribution is -2.29. The SMILES string of the molecule is Cn1c(=O)n(-c2nc(C(=O)Nc3ccccc3N3CCNC3=O)cs2)c2ccccc21. The summed E-state index contributed by atoms with van der Waals surface area (Å²) >= 11 is 1.22. The van der Waals surface area contributed by atoms with Crippen LogP contribution in [0.25, 0.3) is 16.2 Å². The van der Waals surface area contributed by atoms with Gasteiger partial charge in [0.15, 0.2) is 5.13 Å². The number of thiazole rings is 1. The van der Waals surface area contributed by atoms with Crippen molar-refractivity contribution in [2.24, 2.45) is 7.05 Å². The summed E-state index contributed by atoms with van der Waals surface area (Å²) in [6, 6.07) is 14.3. The zero-order valence-corrected chi connectivity index (χ0v) is 17.3. The standard InChI is InChI=1S/C21H18N6O3S/c1-25-16-8-4-5-9-17(16)27(21(25)30)20-24-14(12-31-20)18(28)23-13-6-2-3-7-15(13)26-11-10-22-19(26)29/h2-9,12H,10-11H2,1H3,(H,22,29)(H,23,28). The Labute approximate surface area is 180 Å². The Morgan fingerprint density at radius 3 is 2.61 bits per heavy atom. The van der Waals surface area contributed by atoms with Crippen LogP contribution in [-0.4, -0.2) is 39.1 Å². The van der Waals surface area contributed by atoms with E-state index in [2.05, 4.69) is 15.6 Å². The van der Waals surface area contributed by atoms with Crippen molar-refractivity contribution in [1.82, 2.24) is 19.4 Å². The summed E-state index contributed by atoms with van der Waals surface area (Å²) in [5.41, 5.74) is 2.61. The van der Waals surface area contributed by atoms with Crippen molar-refractivity contribution in [3.8, 4) is 5.13 Å². The van der Waals surface area contributed by atoms with Crippen molar-refractivity contribution in [3.63, 3.8) is 0 Å². The lowest BCUT2D eigenvalue weighted by atomic mass is 10.2. The monoisotopic (exact) mass is 434 g/mol. The van der Waals surface area contributed by atoms with Gasteiger partial charge in [-0.25, -0.2) is 19.1 Å². The Bertz CT molecular complexity index is 1390. The second-order valence-corrected chi connectivity index (χ2v) is 7.87. The van der Waals surface area contributed by atoms with E-state index in [0.717, 1.165) is 11.0 Å². The first kappa shape index (κ1) is 19.1. The minimum absolute atomic E-state index is 0.195. The maximum atomic E-state index is 12.9. The highest BCUT2D eigenvalue weighted by atomic mass is 32.1. The van der Waals surface area contributed by atoms with E-state index in [1.54, 1.807) is 40.1 Å². The van der Waals surface area contributed by atoms with Crippen LogP contribution in [0.5, 0.6) is 0 Å². The lowest BCUT2D eigenvalue weighted by Gasteiger charge is -2.18. The van der Waals surface area contributed by atoms with Gasteiger partial charge in [-0.2, -0.15) is 0 Å². The fourth-order valence-corrected chi connectivity index (χ4v) is 4.46. The number of rotatable bonds is 4. The number of aryl methyl sites for hydroxylation is 1. The molecule has 1 aliphatic heterocycles. The second-order valence-electron chi connectivity index (χ2n) is 7.04. The number of hydrogen-bond acceptors (Lipinski definition) is 5. The van der Waals surface area contributed by atoms with Crippen LogP contribution >= 0.6 is 11.3 Å². The van der Waals surface area contributed by atoms with Gasteiger partial charge in [0.05, 0.1) is 22.4 Å². The van der Waals surface area contributed by atoms with E-state index in [4.69, 9.17) is 0 Å². The summed E-state index contributed by atoms with van der Waals surface area (Å²) in [5.74, 6) is -0.414. The number of urea groups is 1. The van der Waals surface area contributed by atoms with Crippen LogP contribution in [0, 0.1) is 0 Å². The molecule has 0 saturated carbocycles. The molecule has 0 radical (unpaired) electrons. The average molecular weight is 434 g/mol. The van der Waals surface area contributed by atoms with E-state index >= 15 is 0 Å². The van der Waals surface area contributed by atoms with Crippen molar-refractivity contribution >= 4 is 45.7 Å². The summed E-state index contributed by atoms with van der Waals surface area (Å²) in [7, 11) is 1.70. The van der Waals surface area contributed by atoms with Gasteiger partial charge >= 0.3 is 11.7 Å². The van der Waals surface area contributed by atoms with Gasteiger partial charge in [0, 0.05) is 25.5 Å². The Hall–Kier alpha value is -3.92. The third-order valence-electron chi connectivity index (χ3n) is 5.18. The first-order chi connectivity index (χ1) is 15.0. The summed E-state index contributed by atoms with van der Waals surface area (Å²) in [4.78, 5) is 43.6. The van der Waals surface area contributed by atoms with Gasteiger partial charge in [0.25, 0.3) is 5.91 Å². The third kappa shape index (κ3) is 3.17. The summed E-state index contributed by atoms with van der Waals surface area (Å²) in [5, 5.41) is 7.62. The molecule has 2 aromatic heterocycles. The molecule has 1 aliphatic rings. The number of hydrogen-bond donors (Lipinski definition) is 2. The van der Waals surface area contributed by atoms with E-state index in [1.165, 1.54) is 15.9 Å². The number of carbonyl (C=O) groups excluding carboxylic acids is 2. The molecule has 9 nitrogen and oxygen atoms in total. The topological polar surface area (TPSA) is 101 Å². The van der Waals surface area contributed by atoms with Gasteiger partial charge in [0.1, 0.15) is 5.69 Å². The molecule has 0 spiro atoms. The first-order valence-corrected chi connectivity index (χ1v) is 10.5. The fourth-order valence-electron chi connectivity index (χ4n) is 3.65. The molecule has 5 rings (SSSR count). The highest BCUT2D eigenvalue weighted by Gasteiger charge is 2.24. The van der Waals surface area contributed by atoms with Crippen LogP contribution in [0.4, 0.5) is 16.2 Å². The number of nitrogens with zero attached hydrogens (tertiary/aromatic N) is 4. The number of benzene rings is 2. The Morgan fingerprint density at radius 2 is 1.84 bits per heavy atom. The van der Waals surface area contributed by atoms with Gasteiger partial charge < -0.3 is 10.6 Å². The Balaban J connectivity index is 1.46. The van der Waals surface area contributed by atoms with Crippen molar-refractivity contribution < 1.29 is 9.59 Å². The molecule has 156 valence electrons. The minimum atomic E-state index is -0.414. The molecule has 2 aromatic carbocycles. The second kappa shape index (κ2) is 7.40. The highest BCUT2D eigenvalue weighted by Crippen LogP contribution is 2.28. The molecular weight excluding hydrogens is 416 g/mol. The summed E-state index contributed by atoms with van der Waals surface area (Å²) in [6.07, 6.45) is 0. The molecule has 3 amide bonds. The van der Waals surface area contributed by atoms with Crippen molar-refractivity contribution in [2.45, 2.75) is 0 Å². The third-order valence-corrected chi connectivity index (χ3v) is 6.00. The minimum Gasteiger partial charge on any atom is -0.336 e. The predicted molar refractivity (Wildman–Crippen MR) is 119 cm³/mol. The van der Waals surface area contributed by atoms with Crippen LogP contribution in [0.2, 0.25) is 0 Å². The number of imidazole rings is 1. The summed E-state index contributed by atoms with van der Waals surface area (Å²) < 4.78 is 3.05. The lowest BCUT2D eigenvalue weighted by molar-refractivity contribution is 0.102. The number of anilines is 2. The zero-order valence-electron chi connectivity index (χ0n) is 16.5. The van der Waals surface area contributed by atoms with Crippen LogP contribution in [0.3, 0.4) is 0 Å². The highest BCUT2D eigenvalue weighted by molar-refractivity contribution is 7.12. The molecule has 1 fully saturated rings. The molecule has 31 heavy (non-hydrogen) atoms. The fraction of sp³-hybridized carbons (Fsp3) is 0.143. The smallest absolute Gasteiger partial charge is 0.335 e. The number of nitrogens with one attached hydrogen (secondary N) is 2. The predicted octanol–water partition coefficient (Wildman–Crippen LogP) is 2.57. The molecule has 0 aliphatic carbocycles. The van der Waals surface area contributed by atoms with Crippen molar-refractivity contribution in [2.75, 3.05) is 23.3 Å². The van der Waals surface area contributed by atoms with Crippen molar-refractivity contribution in [3.05, 3.63) is 70.1 Å². The largest absolute Gasteiger partial charge is 0.336 e. The Morgan fingerprint density at radius 1 is 1.10 bits per heavy atom. The molecule has 3 heterocycles. The van der Waals surface area contributed by atoms with Crippen LogP contribution < -0.4 is 21.2 Å². The molecule has 0 atom stereocenters. The van der Waals surface area contributed by atoms with Crippen molar-refractivity contribution in [1.29, 1.82) is 0 Å². The van der Waals surface area contributed by atoms with Crippen LogP contribution in [0.1, 0.15) is 10.5 Å². The van der Waals surface area contributed by atoms with Gasteiger partial charge in [-0.15, -0.1) is 11.3 Å². The number of aromatic nitrogens is 3. The summed E-state index contributed by atoms with van der Waals surface area (Å²) in [6.45, 7) is 1.08. The normalized spacial score (nSPS) is 13.6. The molecule has 1 saturated heterocycles. The van der Waals surface area contributed by atoms with E-state index in [0.29, 0.717) is 29.6 Å². The maximum Gasteiger partial charge on any atom is 0.335 e. The average Bonchev–Trinajstić information content (AvgIpc) is 3.48. The number of carbonyl (C=O) groups is 2. The first-order valence-electron chi connectivity index (χ1n) is 9.63. The molecule has 0 bridgehead atoms. The van der Waals surface area contributed by atoms with Gasteiger partial charge in [-0.3, -0.25) is 14.3 Å². The molecule has 10 heteroatoms. The molecule has 0 unspecified atom stereocenters. The van der Waals surface area contributed by atoms with Crippen LogP contribution in [0.15, 0.2) is 58.7 Å². The van der Waals surface area contributed by atoms with Gasteiger partial charge in [-0.1, -0.05) is 24.3 Å². The van der Waals surface area contributed by atoms with E-state index in [-0.39, 0.29) is 17.4 Å². The number of fused-ring (bicyclic) bond motifs is 1. The number of amides is 3. The molecule has 2 N–H and O–H groups in total. The molecular formula is C21H18N6O3S. The van der Waals surface area contributed by atoms with E-state index in [1.807, 2.05) is 30.3 Å². The molecule has 4 aromatic rings. The zero-order chi connectivity index (χ0) is 21.5. The van der Waals surface area contributed by atoms with Gasteiger partial charge in [0.2, 0.25) is 0 Å². The maximum absolute atomic E-state index is 12.9. The Kier molecular flexibility index (Phi) is 4.55. The van der Waals surface area contributed by atoms with Crippen LogP contribution in [-0.2, 0) is 7.05 Å². The van der Waals surface area contributed by atoms with E-state index < -0.39 is 5.91 Å². The van der Waals surface area contributed by atoms with Gasteiger partial charge in [-0.05, 0) is 24.3 Å². The number of para-hydroxylation sites is 4. The van der Waals surface area contributed by atoms with E-state index in [9.17, 15) is 14.4 Å². The quantitative estimate of drug-likeness (QED) is 0.515.